The molecule has 2 N–H and O–H groups in total. The van der Waals surface area contributed by atoms with Gasteiger partial charge in [0.15, 0.2) is 0 Å². The molecule has 1 unspecified atom stereocenters. The molecule has 1 saturated heterocycles. The molecule has 1 aromatic rings. The van der Waals surface area contributed by atoms with Crippen molar-refractivity contribution in [3.05, 3.63) is 29.8 Å². The fourth-order valence-corrected chi connectivity index (χ4v) is 3.01. The van der Waals surface area contributed by atoms with Crippen LogP contribution in [0.4, 0.5) is 5.69 Å². The zero-order chi connectivity index (χ0) is 13.9. The highest BCUT2D eigenvalue weighted by molar-refractivity contribution is 5.46. The van der Waals surface area contributed by atoms with Crippen molar-refractivity contribution in [2.45, 2.75) is 45.3 Å². The summed E-state index contributed by atoms with van der Waals surface area (Å²) in [5, 5.41) is 0. The summed E-state index contributed by atoms with van der Waals surface area (Å²) in [6.45, 7) is 9.67. The van der Waals surface area contributed by atoms with Crippen molar-refractivity contribution in [1.82, 2.24) is 4.90 Å². The van der Waals surface area contributed by atoms with Crippen molar-refractivity contribution in [3.8, 4) is 0 Å². The summed E-state index contributed by atoms with van der Waals surface area (Å²) in [7, 11) is 0. The van der Waals surface area contributed by atoms with Gasteiger partial charge in [-0.05, 0) is 51.8 Å². The van der Waals surface area contributed by atoms with E-state index in [2.05, 4.69) is 37.8 Å². The maximum Gasteiger partial charge on any atom is 0.0757 e. The zero-order valence-electron chi connectivity index (χ0n) is 12.4. The summed E-state index contributed by atoms with van der Waals surface area (Å²) >= 11 is 0. The minimum absolute atomic E-state index is 0.0244. The molecule has 0 saturated carbocycles. The molecular weight excluding hydrogens is 236 g/mol. The molecule has 1 fully saturated rings. The predicted octanol–water partition coefficient (Wildman–Crippen LogP) is 2.70. The van der Waals surface area contributed by atoms with E-state index in [1.807, 2.05) is 12.1 Å². The molecule has 1 aliphatic heterocycles. The molecule has 0 spiro atoms. The number of ether oxygens (including phenoxy) is 1. The quantitative estimate of drug-likeness (QED) is 0.848. The van der Waals surface area contributed by atoms with Gasteiger partial charge in [0, 0.05) is 18.8 Å². The Morgan fingerprint density at radius 1 is 1.37 bits per heavy atom. The Balaban J connectivity index is 1.81. The maximum atomic E-state index is 5.97. The Labute approximate surface area is 116 Å². The van der Waals surface area contributed by atoms with Gasteiger partial charge in [-0.25, -0.2) is 0 Å². The van der Waals surface area contributed by atoms with Gasteiger partial charge in [0.25, 0.3) is 0 Å². The highest BCUT2D eigenvalue weighted by Crippen LogP contribution is 2.21. The lowest BCUT2D eigenvalue weighted by Gasteiger charge is -2.41. The molecule has 0 amide bonds. The van der Waals surface area contributed by atoms with Crippen molar-refractivity contribution in [2.75, 3.05) is 25.4 Å². The number of hydrogen-bond acceptors (Lipinski definition) is 3. The minimum Gasteiger partial charge on any atom is -0.399 e. The summed E-state index contributed by atoms with van der Waals surface area (Å²) in [5.74, 6) is 0. The average Bonchev–Trinajstić information content (AvgIpc) is 2.29. The third-order valence-corrected chi connectivity index (χ3v) is 3.62. The molecular formula is C16H26N2O. The molecule has 1 aromatic carbocycles. The molecule has 2 rings (SSSR count). The topological polar surface area (TPSA) is 38.5 Å². The number of aryl methyl sites for hydroxylation is 1. The second-order valence-corrected chi connectivity index (χ2v) is 6.23. The molecule has 1 aliphatic rings. The third-order valence-electron chi connectivity index (χ3n) is 3.62. The van der Waals surface area contributed by atoms with Gasteiger partial charge >= 0.3 is 0 Å². The van der Waals surface area contributed by atoms with E-state index < -0.39 is 0 Å². The first-order valence-electron chi connectivity index (χ1n) is 7.20. The second-order valence-electron chi connectivity index (χ2n) is 6.23. The van der Waals surface area contributed by atoms with Gasteiger partial charge in [0.1, 0.15) is 0 Å². The van der Waals surface area contributed by atoms with Gasteiger partial charge in [-0.3, -0.25) is 4.90 Å². The van der Waals surface area contributed by atoms with Crippen LogP contribution in [0, 0.1) is 0 Å². The van der Waals surface area contributed by atoms with Gasteiger partial charge in [-0.15, -0.1) is 0 Å². The summed E-state index contributed by atoms with van der Waals surface area (Å²) in [6, 6.07) is 8.16. The molecule has 3 heteroatoms. The molecule has 106 valence electrons. The SMILES string of the molecule is CC1CN(CCCc2ccccc2N)CC(C)(C)O1. The largest absolute Gasteiger partial charge is 0.399 e. The monoisotopic (exact) mass is 262 g/mol. The van der Waals surface area contributed by atoms with Gasteiger partial charge in [-0.2, -0.15) is 0 Å². The molecule has 19 heavy (non-hydrogen) atoms. The van der Waals surface area contributed by atoms with Crippen LogP contribution in [0.25, 0.3) is 0 Å². The number of nitrogens with zero attached hydrogens (tertiary/aromatic N) is 1. The summed E-state index contributed by atoms with van der Waals surface area (Å²) < 4.78 is 5.93. The lowest BCUT2D eigenvalue weighted by molar-refractivity contribution is -0.128. The highest BCUT2D eigenvalue weighted by Gasteiger charge is 2.30. The first-order valence-corrected chi connectivity index (χ1v) is 7.20. The van der Waals surface area contributed by atoms with Crippen LogP contribution in [0.15, 0.2) is 24.3 Å². The number of benzene rings is 1. The highest BCUT2D eigenvalue weighted by atomic mass is 16.5. The van der Waals surface area contributed by atoms with Gasteiger partial charge < -0.3 is 10.5 Å². The Hall–Kier alpha value is -1.06. The molecule has 1 heterocycles. The number of para-hydroxylation sites is 1. The van der Waals surface area contributed by atoms with E-state index in [0.29, 0.717) is 6.10 Å². The van der Waals surface area contributed by atoms with Crippen molar-refractivity contribution in [2.24, 2.45) is 0 Å². The van der Waals surface area contributed by atoms with Crippen molar-refractivity contribution in [1.29, 1.82) is 0 Å². The number of rotatable bonds is 4. The maximum absolute atomic E-state index is 5.97. The number of morpholine rings is 1. The summed E-state index contributed by atoms with van der Waals surface area (Å²) in [4.78, 5) is 2.51. The smallest absolute Gasteiger partial charge is 0.0757 e. The van der Waals surface area contributed by atoms with Crippen LogP contribution < -0.4 is 5.73 Å². The van der Waals surface area contributed by atoms with Crippen LogP contribution in [0.2, 0.25) is 0 Å². The normalized spacial score (nSPS) is 23.4. The summed E-state index contributed by atoms with van der Waals surface area (Å²) in [5.41, 5.74) is 8.13. The van der Waals surface area contributed by atoms with Gasteiger partial charge in [-0.1, -0.05) is 18.2 Å². The molecule has 0 aliphatic carbocycles. The first-order chi connectivity index (χ1) is 8.96. The fraction of sp³-hybridized carbons (Fsp3) is 0.625. The van der Waals surface area contributed by atoms with Crippen molar-refractivity contribution >= 4 is 5.69 Å². The minimum atomic E-state index is -0.0244. The number of nitrogens with two attached hydrogens (primary N) is 1. The second kappa shape index (κ2) is 5.93. The van der Waals surface area contributed by atoms with Crippen LogP contribution in [0.1, 0.15) is 32.8 Å². The molecule has 0 bridgehead atoms. The molecule has 1 atom stereocenters. The Bertz CT molecular complexity index is 417. The van der Waals surface area contributed by atoms with E-state index in [-0.39, 0.29) is 5.60 Å². The van der Waals surface area contributed by atoms with Crippen molar-refractivity contribution in [3.63, 3.8) is 0 Å². The van der Waals surface area contributed by atoms with Crippen LogP contribution in [0.3, 0.4) is 0 Å². The molecule has 0 radical (unpaired) electrons. The van der Waals surface area contributed by atoms with Crippen LogP contribution >= 0.6 is 0 Å². The van der Waals surface area contributed by atoms with Crippen LogP contribution in [-0.2, 0) is 11.2 Å². The van der Waals surface area contributed by atoms with Crippen molar-refractivity contribution < 1.29 is 4.74 Å². The van der Waals surface area contributed by atoms with Crippen LogP contribution in [-0.4, -0.2) is 36.2 Å². The van der Waals surface area contributed by atoms with Gasteiger partial charge in [0.05, 0.1) is 11.7 Å². The average molecular weight is 262 g/mol. The molecule has 3 nitrogen and oxygen atoms in total. The third kappa shape index (κ3) is 4.22. The zero-order valence-corrected chi connectivity index (χ0v) is 12.4. The van der Waals surface area contributed by atoms with Crippen LogP contribution in [0.5, 0.6) is 0 Å². The standard InChI is InChI=1S/C16H26N2O/c1-13-11-18(12-16(2,3)19-13)10-6-8-14-7-4-5-9-15(14)17/h4-5,7,9,13H,6,8,10-12,17H2,1-3H3. The van der Waals surface area contributed by atoms with E-state index in [4.69, 9.17) is 10.5 Å². The number of nitrogen functional groups attached to an aromatic ring is 1. The lowest BCUT2D eigenvalue weighted by atomic mass is 10.0. The first kappa shape index (κ1) is 14.4. The number of anilines is 1. The van der Waals surface area contributed by atoms with E-state index in [1.165, 1.54) is 5.56 Å². The number of hydrogen-bond donors (Lipinski definition) is 1. The Kier molecular flexibility index (Phi) is 4.48. The predicted molar refractivity (Wildman–Crippen MR) is 80.2 cm³/mol. The van der Waals surface area contributed by atoms with Gasteiger partial charge in [0.2, 0.25) is 0 Å². The van der Waals surface area contributed by atoms with E-state index in [9.17, 15) is 0 Å². The molecule has 0 aromatic heterocycles. The fourth-order valence-electron chi connectivity index (χ4n) is 3.01. The lowest BCUT2D eigenvalue weighted by Crippen LogP contribution is -2.52. The Morgan fingerprint density at radius 2 is 2.11 bits per heavy atom. The summed E-state index contributed by atoms with van der Waals surface area (Å²) in [6.07, 6.45) is 2.53. The van der Waals surface area contributed by atoms with E-state index in [0.717, 1.165) is 38.2 Å². The van der Waals surface area contributed by atoms with E-state index in [1.54, 1.807) is 0 Å². The Morgan fingerprint density at radius 3 is 2.79 bits per heavy atom. The van der Waals surface area contributed by atoms with E-state index >= 15 is 0 Å².